The molecule has 16 heavy (non-hydrogen) atoms. The summed E-state index contributed by atoms with van der Waals surface area (Å²) in [5.41, 5.74) is 1.13. The normalized spacial score (nSPS) is 20.7. The van der Waals surface area contributed by atoms with E-state index in [1.165, 1.54) is 0 Å². The lowest BCUT2D eigenvalue weighted by Gasteiger charge is -2.22. The summed E-state index contributed by atoms with van der Waals surface area (Å²) < 4.78 is 0. The summed E-state index contributed by atoms with van der Waals surface area (Å²) in [7, 11) is 5.67. The smallest absolute Gasteiger partial charge is 0.234 e. The highest BCUT2D eigenvalue weighted by molar-refractivity contribution is 6.45. The maximum Gasteiger partial charge on any atom is 0.234 e. The molecule has 0 saturated carbocycles. The third kappa shape index (κ3) is 1.98. The molecule has 1 aliphatic heterocycles. The van der Waals surface area contributed by atoms with Gasteiger partial charge in [-0.3, -0.25) is 14.9 Å². The van der Waals surface area contributed by atoms with Gasteiger partial charge in [0.2, 0.25) is 11.8 Å². The van der Waals surface area contributed by atoms with Crippen LogP contribution < -0.4 is 10.8 Å². The molecule has 1 aromatic rings. The van der Waals surface area contributed by atoms with Crippen LogP contribution in [0, 0.1) is 0 Å². The number of piperidine rings is 1. The number of carbonyl (C=O) groups is 2. The van der Waals surface area contributed by atoms with Crippen molar-refractivity contribution in [1.82, 2.24) is 5.32 Å². The number of hydrogen-bond acceptors (Lipinski definition) is 2. The first kappa shape index (κ1) is 11.2. The van der Waals surface area contributed by atoms with Crippen molar-refractivity contribution in [2.45, 2.75) is 18.8 Å². The maximum atomic E-state index is 11.6. The van der Waals surface area contributed by atoms with Crippen LogP contribution >= 0.6 is 11.6 Å². The van der Waals surface area contributed by atoms with E-state index in [2.05, 4.69) is 5.32 Å². The maximum absolute atomic E-state index is 11.6. The van der Waals surface area contributed by atoms with Crippen LogP contribution in [0.4, 0.5) is 0 Å². The monoisotopic (exact) mass is 233 g/mol. The quantitative estimate of drug-likeness (QED) is 0.572. The number of benzene rings is 1. The molecule has 0 bridgehead atoms. The van der Waals surface area contributed by atoms with Gasteiger partial charge in [-0.15, -0.1) is 0 Å². The van der Waals surface area contributed by atoms with Gasteiger partial charge in [-0.2, -0.15) is 0 Å². The van der Waals surface area contributed by atoms with Gasteiger partial charge in [-0.25, -0.2) is 0 Å². The van der Waals surface area contributed by atoms with Crippen LogP contribution in [0.5, 0.6) is 0 Å². The average Bonchev–Trinajstić information content (AvgIpc) is 2.23. The van der Waals surface area contributed by atoms with E-state index in [4.69, 9.17) is 19.4 Å². The fraction of sp³-hybridized carbons (Fsp3) is 0.273. The molecule has 2 rings (SSSR count). The lowest BCUT2D eigenvalue weighted by molar-refractivity contribution is -0.134. The highest BCUT2D eigenvalue weighted by Crippen LogP contribution is 2.28. The van der Waals surface area contributed by atoms with Gasteiger partial charge in [0.05, 0.1) is 5.92 Å². The highest BCUT2D eigenvalue weighted by Gasteiger charge is 2.29. The summed E-state index contributed by atoms with van der Waals surface area (Å²) in [6, 6.07) is 5.19. The van der Waals surface area contributed by atoms with Crippen molar-refractivity contribution in [3.8, 4) is 0 Å². The summed E-state index contributed by atoms with van der Waals surface area (Å²) in [6.45, 7) is 0. The predicted octanol–water partition coefficient (Wildman–Crippen LogP) is 0.654. The Hall–Kier alpha value is -1.29. The first-order valence-electron chi connectivity index (χ1n) is 4.97. The molecule has 0 spiro atoms. The largest absolute Gasteiger partial charge is 0.296 e. The van der Waals surface area contributed by atoms with Crippen LogP contribution in [0.2, 0.25) is 5.02 Å². The number of rotatable bonds is 1. The Labute approximate surface area is 99.6 Å². The van der Waals surface area contributed by atoms with Crippen molar-refractivity contribution in [2.24, 2.45) is 0 Å². The van der Waals surface area contributed by atoms with Gasteiger partial charge in [0.25, 0.3) is 0 Å². The molecule has 0 aromatic heterocycles. The molecule has 1 saturated heterocycles. The van der Waals surface area contributed by atoms with Crippen molar-refractivity contribution in [3.05, 3.63) is 28.8 Å². The molecule has 1 aromatic carbocycles. The molecule has 1 N–H and O–H groups in total. The minimum absolute atomic E-state index is 0.235. The molecule has 1 heterocycles. The minimum atomic E-state index is -0.381. The van der Waals surface area contributed by atoms with E-state index in [-0.39, 0.29) is 17.7 Å². The Morgan fingerprint density at radius 1 is 1.38 bits per heavy atom. The molecule has 0 aliphatic carbocycles. The van der Waals surface area contributed by atoms with Gasteiger partial charge in [0.1, 0.15) is 7.85 Å². The lowest BCUT2D eigenvalue weighted by Crippen LogP contribution is -2.39. The van der Waals surface area contributed by atoms with Crippen LogP contribution in [0.15, 0.2) is 18.2 Å². The fourth-order valence-electron chi connectivity index (χ4n) is 1.83. The zero-order valence-corrected chi connectivity index (χ0v) is 9.25. The second-order valence-electron chi connectivity index (χ2n) is 3.75. The van der Waals surface area contributed by atoms with Crippen LogP contribution in [0.3, 0.4) is 0 Å². The first-order chi connectivity index (χ1) is 7.59. The van der Waals surface area contributed by atoms with Gasteiger partial charge in [0, 0.05) is 11.4 Å². The Morgan fingerprint density at radius 2 is 2.12 bits per heavy atom. The molecule has 80 valence electrons. The lowest BCUT2D eigenvalue weighted by atomic mass is 9.86. The van der Waals surface area contributed by atoms with E-state index in [0.717, 1.165) is 0 Å². The number of imide groups is 1. The molecule has 1 atom stereocenters. The molecular formula is C11H9BClNO2. The topological polar surface area (TPSA) is 46.2 Å². The molecule has 1 fully saturated rings. The average molecular weight is 233 g/mol. The Kier molecular flexibility index (Phi) is 3.01. The number of amides is 2. The van der Waals surface area contributed by atoms with Gasteiger partial charge >= 0.3 is 0 Å². The van der Waals surface area contributed by atoms with E-state index < -0.39 is 0 Å². The van der Waals surface area contributed by atoms with Gasteiger partial charge in [0.15, 0.2) is 0 Å². The number of halogens is 1. The van der Waals surface area contributed by atoms with Gasteiger partial charge in [-0.1, -0.05) is 35.3 Å². The van der Waals surface area contributed by atoms with E-state index in [1.54, 1.807) is 18.2 Å². The molecule has 2 amide bonds. The molecule has 3 nitrogen and oxygen atoms in total. The van der Waals surface area contributed by atoms with Gasteiger partial charge in [-0.05, 0) is 12.0 Å². The van der Waals surface area contributed by atoms with E-state index in [1.807, 2.05) is 0 Å². The Balaban J connectivity index is 2.34. The molecule has 2 radical (unpaired) electrons. The standard InChI is InChI=1S/C11H9BClNO2/c12-8-3-1-2-6(10(8)13)7-4-5-9(15)14-11(7)16/h1-3,7H,4-5H2,(H,14,15,16). The SMILES string of the molecule is [B]c1cccc(C2CCC(=O)NC2=O)c1Cl. The third-order valence-electron chi connectivity index (χ3n) is 2.67. The second-order valence-corrected chi connectivity index (χ2v) is 4.13. The molecule has 1 aliphatic rings. The van der Waals surface area contributed by atoms with Crippen LogP contribution in [0.1, 0.15) is 24.3 Å². The second kappa shape index (κ2) is 4.30. The summed E-state index contributed by atoms with van der Waals surface area (Å²) in [5.74, 6) is -0.918. The van der Waals surface area contributed by atoms with E-state index in [9.17, 15) is 9.59 Å². The molecule has 5 heteroatoms. The van der Waals surface area contributed by atoms with Crippen molar-refractivity contribution in [1.29, 1.82) is 0 Å². The number of nitrogens with one attached hydrogen (secondary N) is 1. The summed E-state index contributed by atoms with van der Waals surface area (Å²) in [4.78, 5) is 22.6. The summed E-state index contributed by atoms with van der Waals surface area (Å²) in [6.07, 6.45) is 0.815. The Bertz CT molecular complexity index is 461. The van der Waals surface area contributed by atoms with E-state index in [0.29, 0.717) is 28.9 Å². The molecular weight excluding hydrogens is 224 g/mol. The number of carbonyl (C=O) groups excluding carboxylic acids is 2. The van der Waals surface area contributed by atoms with Crippen molar-refractivity contribution < 1.29 is 9.59 Å². The van der Waals surface area contributed by atoms with Gasteiger partial charge < -0.3 is 0 Å². The summed E-state index contributed by atoms with van der Waals surface area (Å²) >= 11 is 6.04. The predicted molar refractivity (Wildman–Crippen MR) is 62.0 cm³/mol. The van der Waals surface area contributed by atoms with Crippen molar-refractivity contribution in [3.63, 3.8) is 0 Å². The number of hydrogen-bond donors (Lipinski definition) is 1. The van der Waals surface area contributed by atoms with Crippen molar-refractivity contribution >= 4 is 36.7 Å². The fourth-order valence-corrected chi connectivity index (χ4v) is 2.09. The van der Waals surface area contributed by atoms with Crippen molar-refractivity contribution in [2.75, 3.05) is 0 Å². The Morgan fingerprint density at radius 3 is 2.81 bits per heavy atom. The van der Waals surface area contributed by atoms with Crippen LogP contribution in [-0.4, -0.2) is 19.7 Å². The highest BCUT2D eigenvalue weighted by atomic mass is 35.5. The zero-order valence-electron chi connectivity index (χ0n) is 8.50. The van der Waals surface area contributed by atoms with Crippen LogP contribution in [-0.2, 0) is 9.59 Å². The zero-order chi connectivity index (χ0) is 11.7. The minimum Gasteiger partial charge on any atom is -0.296 e. The first-order valence-corrected chi connectivity index (χ1v) is 5.35. The van der Waals surface area contributed by atoms with E-state index >= 15 is 0 Å². The third-order valence-corrected chi connectivity index (χ3v) is 3.11. The molecule has 1 unspecified atom stereocenters. The van der Waals surface area contributed by atoms with Crippen LogP contribution in [0.25, 0.3) is 0 Å². The summed E-state index contributed by atoms with van der Waals surface area (Å²) in [5, 5.41) is 2.70.